The van der Waals surface area contributed by atoms with E-state index < -0.39 is 30.2 Å². The smallest absolute Gasteiger partial charge is 0.202 e. The Morgan fingerprint density at radius 2 is 1.49 bits per heavy atom. The number of Topliss-reactive ketones (excluding diaryl/α,β-unsaturated/α-hetero) is 1. The van der Waals surface area contributed by atoms with Gasteiger partial charge >= 0.3 is 0 Å². The lowest BCUT2D eigenvalue weighted by atomic mass is 9.92. The van der Waals surface area contributed by atoms with Crippen LogP contribution in [0.4, 0.5) is 0 Å². The van der Waals surface area contributed by atoms with E-state index in [1.54, 1.807) is 36.4 Å². The highest BCUT2D eigenvalue weighted by molar-refractivity contribution is 6.05. The second-order valence-corrected chi connectivity index (χ2v) is 8.57. The summed E-state index contributed by atoms with van der Waals surface area (Å²) in [7, 11) is 4.48. The Kier molecular flexibility index (Phi) is 6.45. The molecule has 2 aliphatic rings. The first-order valence-electron chi connectivity index (χ1n) is 11.5. The fourth-order valence-corrected chi connectivity index (χ4v) is 4.55. The van der Waals surface area contributed by atoms with Crippen molar-refractivity contribution >= 4 is 5.78 Å². The first-order valence-corrected chi connectivity index (χ1v) is 11.5. The van der Waals surface area contributed by atoms with Crippen molar-refractivity contribution in [3.63, 3.8) is 0 Å². The number of hydrogen-bond donors (Lipinski definition) is 3. The van der Waals surface area contributed by atoms with Gasteiger partial charge in [0.1, 0.15) is 22.8 Å². The molecule has 3 N–H and O–H groups in total. The predicted molar refractivity (Wildman–Crippen MR) is 129 cm³/mol. The number of aromatic hydroxyl groups is 1. The second-order valence-electron chi connectivity index (χ2n) is 8.57. The number of ketones is 1. The summed E-state index contributed by atoms with van der Waals surface area (Å²) in [4.78, 5) is 12.9. The molecule has 0 bridgehead atoms. The Morgan fingerprint density at radius 3 is 2.19 bits per heavy atom. The van der Waals surface area contributed by atoms with E-state index in [1.807, 2.05) is 0 Å². The number of carbonyl (C=O) groups excluding carboxylic acids is 1. The molecule has 0 spiro atoms. The Bertz CT molecular complexity index is 1340. The number of phenols is 1. The SMILES string of the molecule is COc1cc(O)c2c(c1)O[C@H](c1ccc3c(c1)O[C@@H](c1ccc(OC)c(OC)c1)[C@H](CO)O3)[C@@H](O)C2=O. The van der Waals surface area contributed by atoms with Gasteiger partial charge in [0.2, 0.25) is 5.78 Å². The minimum atomic E-state index is -1.57. The van der Waals surface area contributed by atoms with Crippen LogP contribution in [0, 0.1) is 0 Å². The fourth-order valence-electron chi connectivity index (χ4n) is 4.55. The molecule has 3 aromatic rings. The molecule has 0 saturated heterocycles. The van der Waals surface area contributed by atoms with Gasteiger partial charge in [0, 0.05) is 17.7 Å². The van der Waals surface area contributed by atoms with Crippen LogP contribution in [-0.4, -0.2) is 61.2 Å². The summed E-state index contributed by atoms with van der Waals surface area (Å²) in [6, 6.07) is 12.9. The average molecular weight is 510 g/mol. The Hall–Kier alpha value is -4.15. The molecule has 0 aliphatic carbocycles. The maximum atomic E-state index is 12.9. The molecule has 0 aromatic heterocycles. The number of aliphatic hydroxyl groups excluding tert-OH is 2. The highest BCUT2D eigenvalue weighted by Crippen LogP contribution is 2.46. The van der Waals surface area contributed by atoms with Crippen molar-refractivity contribution < 1.29 is 48.5 Å². The molecule has 37 heavy (non-hydrogen) atoms. The molecule has 194 valence electrons. The Morgan fingerprint density at radius 1 is 0.784 bits per heavy atom. The molecule has 0 amide bonds. The minimum absolute atomic E-state index is 0.0931. The summed E-state index contributed by atoms with van der Waals surface area (Å²) in [5, 5.41) is 31.0. The normalized spacial score (nSPS) is 22.0. The molecular formula is C27H26O10. The summed E-state index contributed by atoms with van der Waals surface area (Å²) >= 11 is 0. The molecule has 3 aromatic carbocycles. The van der Waals surface area contributed by atoms with Crippen molar-refractivity contribution in [2.24, 2.45) is 0 Å². The lowest BCUT2D eigenvalue weighted by molar-refractivity contribution is -0.0130. The van der Waals surface area contributed by atoms with Crippen LogP contribution in [0.15, 0.2) is 48.5 Å². The number of aliphatic hydroxyl groups is 2. The molecule has 2 aliphatic heterocycles. The van der Waals surface area contributed by atoms with Gasteiger partial charge in [0.05, 0.1) is 27.9 Å². The average Bonchev–Trinajstić information content (AvgIpc) is 2.93. The number of hydrogen-bond acceptors (Lipinski definition) is 10. The zero-order valence-electron chi connectivity index (χ0n) is 20.3. The Labute approximate surface area is 212 Å². The lowest BCUT2D eigenvalue weighted by Crippen LogP contribution is -2.37. The number of benzene rings is 3. The van der Waals surface area contributed by atoms with Crippen LogP contribution >= 0.6 is 0 Å². The van der Waals surface area contributed by atoms with Gasteiger partial charge in [-0.05, 0) is 29.8 Å². The van der Waals surface area contributed by atoms with Gasteiger partial charge in [0.15, 0.2) is 47.4 Å². The maximum absolute atomic E-state index is 12.9. The number of rotatable bonds is 6. The first kappa shape index (κ1) is 24.5. The predicted octanol–water partition coefficient (Wildman–Crippen LogP) is 2.97. The van der Waals surface area contributed by atoms with Crippen LogP contribution in [0.3, 0.4) is 0 Å². The van der Waals surface area contributed by atoms with Crippen LogP contribution in [-0.2, 0) is 0 Å². The van der Waals surface area contributed by atoms with Crippen LogP contribution in [0.5, 0.6) is 40.2 Å². The molecule has 10 heteroatoms. The van der Waals surface area contributed by atoms with Gasteiger partial charge in [-0.15, -0.1) is 0 Å². The molecule has 10 nitrogen and oxygen atoms in total. The molecule has 5 rings (SSSR count). The van der Waals surface area contributed by atoms with Crippen molar-refractivity contribution in [3.8, 4) is 40.2 Å². The van der Waals surface area contributed by atoms with Crippen molar-refractivity contribution in [1.82, 2.24) is 0 Å². The van der Waals surface area contributed by atoms with Crippen LogP contribution < -0.4 is 28.4 Å². The number of ether oxygens (including phenoxy) is 6. The third kappa shape index (κ3) is 4.24. The van der Waals surface area contributed by atoms with E-state index in [4.69, 9.17) is 28.4 Å². The van der Waals surface area contributed by atoms with Crippen molar-refractivity contribution in [1.29, 1.82) is 0 Å². The van der Waals surface area contributed by atoms with Crippen molar-refractivity contribution in [2.75, 3.05) is 27.9 Å². The molecular weight excluding hydrogens is 484 g/mol. The minimum Gasteiger partial charge on any atom is -0.507 e. The van der Waals surface area contributed by atoms with E-state index in [1.165, 1.54) is 33.5 Å². The molecule has 0 fully saturated rings. The quantitative estimate of drug-likeness (QED) is 0.455. The number of carbonyl (C=O) groups is 1. The topological polar surface area (TPSA) is 133 Å². The number of methoxy groups -OCH3 is 3. The van der Waals surface area contributed by atoms with E-state index in [9.17, 15) is 20.1 Å². The second kappa shape index (κ2) is 9.72. The van der Waals surface area contributed by atoms with Gasteiger partial charge in [-0.3, -0.25) is 4.79 Å². The van der Waals surface area contributed by atoms with Crippen LogP contribution in [0.1, 0.15) is 33.7 Å². The monoisotopic (exact) mass is 510 g/mol. The largest absolute Gasteiger partial charge is 0.507 e. The standard InChI is InChI=1S/C27H26O10/c1-32-15-10-16(29)23-21(11-15)37-27(25(31)24(23)30)14-5-7-18-20(9-14)36-26(22(12-28)35-18)13-4-6-17(33-2)19(8-13)34-3/h4-11,22,25-29,31H,12H2,1-3H3/t22-,25-,26-,27+/m0/s1. The molecule has 0 radical (unpaired) electrons. The number of fused-ring (bicyclic) bond motifs is 2. The third-order valence-corrected chi connectivity index (χ3v) is 6.43. The maximum Gasteiger partial charge on any atom is 0.202 e. The van der Waals surface area contributed by atoms with Gasteiger partial charge in [0.25, 0.3) is 0 Å². The van der Waals surface area contributed by atoms with Crippen molar-refractivity contribution in [2.45, 2.75) is 24.4 Å². The van der Waals surface area contributed by atoms with Crippen molar-refractivity contribution in [3.05, 3.63) is 65.2 Å². The molecule has 0 unspecified atom stereocenters. The third-order valence-electron chi connectivity index (χ3n) is 6.43. The van der Waals surface area contributed by atoms with E-state index in [-0.39, 0.29) is 23.7 Å². The first-order chi connectivity index (χ1) is 17.9. The summed E-state index contributed by atoms with van der Waals surface area (Å²) in [6.45, 7) is -0.304. The van der Waals surface area contributed by atoms with E-state index in [0.717, 1.165) is 0 Å². The summed E-state index contributed by atoms with van der Waals surface area (Å²) < 4.78 is 34.1. The lowest BCUT2D eigenvalue weighted by Gasteiger charge is -2.35. The highest BCUT2D eigenvalue weighted by Gasteiger charge is 2.40. The van der Waals surface area contributed by atoms with E-state index >= 15 is 0 Å². The zero-order valence-corrected chi connectivity index (χ0v) is 20.3. The summed E-state index contributed by atoms with van der Waals surface area (Å²) in [5.41, 5.74) is 1.03. The van der Waals surface area contributed by atoms with E-state index in [0.29, 0.717) is 39.9 Å². The number of phenolic OH excluding ortho intramolecular Hbond substituents is 1. The van der Waals surface area contributed by atoms with Gasteiger partial charge in [-0.2, -0.15) is 0 Å². The van der Waals surface area contributed by atoms with E-state index in [2.05, 4.69) is 0 Å². The summed E-state index contributed by atoms with van der Waals surface area (Å²) in [5.74, 6) is 1.14. The highest BCUT2D eigenvalue weighted by atomic mass is 16.6. The van der Waals surface area contributed by atoms with Gasteiger partial charge < -0.3 is 43.7 Å². The molecule has 4 atom stereocenters. The van der Waals surface area contributed by atoms with Gasteiger partial charge in [-0.25, -0.2) is 0 Å². The molecule has 0 saturated carbocycles. The van der Waals surface area contributed by atoms with Crippen LogP contribution in [0.2, 0.25) is 0 Å². The zero-order chi connectivity index (χ0) is 26.3. The summed E-state index contributed by atoms with van der Waals surface area (Å²) in [6.07, 6.45) is -4.03. The fraction of sp³-hybridized carbons (Fsp3) is 0.296. The van der Waals surface area contributed by atoms with Gasteiger partial charge in [-0.1, -0.05) is 12.1 Å². The van der Waals surface area contributed by atoms with Crippen LogP contribution in [0.25, 0.3) is 0 Å². The Balaban J connectivity index is 1.49. The molecule has 2 heterocycles.